The number of rotatable bonds is 4. The summed E-state index contributed by atoms with van der Waals surface area (Å²) in [4.78, 5) is 12.0. The molecule has 5 nitrogen and oxygen atoms in total. The minimum absolute atomic E-state index is 0.0202. The number of carbonyl (C=O) groups is 1. The Labute approximate surface area is 123 Å². The zero-order valence-corrected chi connectivity index (χ0v) is 12.3. The minimum Gasteiger partial charge on any atom is -0.488 e. The lowest BCUT2D eigenvalue weighted by atomic mass is 10.1. The van der Waals surface area contributed by atoms with Crippen molar-refractivity contribution in [2.45, 2.75) is 32.9 Å². The Morgan fingerprint density at radius 1 is 1.43 bits per heavy atom. The van der Waals surface area contributed by atoms with Gasteiger partial charge in [-0.05, 0) is 31.5 Å². The minimum atomic E-state index is -0.0410. The Morgan fingerprint density at radius 2 is 2.24 bits per heavy atom. The summed E-state index contributed by atoms with van der Waals surface area (Å²) in [5, 5.41) is 7.21. The molecule has 0 saturated carbocycles. The number of aromatic nitrogens is 2. The van der Waals surface area contributed by atoms with E-state index in [0.29, 0.717) is 6.54 Å². The summed E-state index contributed by atoms with van der Waals surface area (Å²) >= 11 is 0. The highest BCUT2D eigenvalue weighted by molar-refractivity contribution is 5.75. The third-order valence-corrected chi connectivity index (χ3v) is 3.64. The number of amides is 1. The largest absolute Gasteiger partial charge is 0.488 e. The van der Waals surface area contributed by atoms with Crippen molar-refractivity contribution < 1.29 is 9.53 Å². The van der Waals surface area contributed by atoms with Crippen LogP contribution in [0.4, 0.5) is 0 Å². The summed E-state index contributed by atoms with van der Waals surface area (Å²) in [5.74, 6) is 0.885. The van der Waals surface area contributed by atoms with Gasteiger partial charge in [-0.25, -0.2) is 0 Å². The fraction of sp³-hybridized carbons (Fsp3) is 0.375. The highest BCUT2D eigenvalue weighted by Gasteiger charge is 2.22. The molecule has 5 heteroatoms. The molecular weight excluding hydrogens is 266 g/mol. The number of ether oxygens (including phenoxy) is 1. The number of benzene rings is 1. The number of aryl methyl sites for hydroxylation is 2. The third kappa shape index (κ3) is 3.07. The van der Waals surface area contributed by atoms with Crippen LogP contribution in [0, 0.1) is 13.8 Å². The summed E-state index contributed by atoms with van der Waals surface area (Å²) < 4.78 is 7.52. The monoisotopic (exact) mass is 285 g/mol. The van der Waals surface area contributed by atoms with Gasteiger partial charge in [-0.3, -0.25) is 9.48 Å². The lowest BCUT2D eigenvalue weighted by Gasteiger charge is -2.12. The molecule has 2 heterocycles. The first-order valence-electron chi connectivity index (χ1n) is 7.14. The molecule has 1 N–H and O–H groups in total. The summed E-state index contributed by atoms with van der Waals surface area (Å²) in [6.07, 6.45) is 0.864. The molecule has 3 rings (SSSR count). The van der Waals surface area contributed by atoms with E-state index in [-0.39, 0.29) is 18.6 Å². The lowest BCUT2D eigenvalue weighted by molar-refractivity contribution is -0.122. The number of hydrogen-bond acceptors (Lipinski definition) is 3. The van der Waals surface area contributed by atoms with Gasteiger partial charge in [0, 0.05) is 12.1 Å². The number of carbonyl (C=O) groups excluding carboxylic acids is 1. The van der Waals surface area contributed by atoms with Gasteiger partial charge in [-0.1, -0.05) is 18.2 Å². The zero-order valence-electron chi connectivity index (χ0n) is 12.3. The van der Waals surface area contributed by atoms with Crippen LogP contribution in [0.3, 0.4) is 0 Å². The molecule has 0 radical (unpaired) electrons. The van der Waals surface area contributed by atoms with E-state index in [4.69, 9.17) is 4.74 Å². The first-order chi connectivity index (χ1) is 10.1. The molecule has 0 saturated heterocycles. The second-order valence-corrected chi connectivity index (χ2v) is 5.44. The molecule has 1 aromatic carbocycles. The quantitative estimate of drug-likeness (QED) is 0.928. The Morgan fingerprint density at radius 3 is 2.95 bits per heavy atom. The topological polar surface area (TPSA) is 56.2 Å². The predicted octanol–water partition coefficient (Wildman–Crippen LogP) is 1.62. The maximum Gasteiger partial charge on any atom is 0.241 e. The molecule has 2 aromatic rings. The molecule has 0 fully saturated rings. The Kier molecular flexibility index (Phi) is 3.64. The van der Waals surface area contributed by atoms with Crippen LogP contribution >= 0.6 is 0 Å². The number of fused-ring (bicyclic) bond motifs is 1. The highest BCUT2D eigenvalue weighted by Crippen LogP contribution is 2.27. The van der Waals surface area contributed by atoms with Crippen LogP contribution in [0.1, 0.15) is 17.0 Å². The SMILES string of the molecule is Cc1cc(C)n(CC(=O)NC[C@@H]2Cc3ccccc3O2)n1. The standard InChI is InChI=1S/C16H19N3O2/c1-11-7-12(2)19(18-11)10-16(20)17-9-14-8-13-5-3-4-6-15(13)21-14/h3-7,14H,8-10H2,1-2H3,(H,17,20)/t14-/m0/s1. The average molecular weight is 285 g/mol. The van der Waals surface area contributed by atoms with Crippen LogP contribution < -0.4 is 10.1 Å². The average Bonchev–Trinajstić information content (AvgIpc) is 2.99. The van der Waals surface area contributed by atoms with Gasteiger partial charge in [0.05, 0.1) is 12.2 Å². The maximum absolute atomic E-state index is 12.0. The number of hydrogen-bond donors (Lipinski definition) is 1. The van der Waals surface area contributed by atoms with Crippen LogP contribution in [-0.2, 0) is 17.8 Å². The van der Waals surface area contributed by atoms with Crippen molar-refractivity contribution in [2.75, 3.05) is 6.54 Å². The zero-order chi connectivity index (χ0) is 14.8. The maximum atomic E-state index is 12.0. The molecule has 1 aliphatic heterocycles. The highest BCUT2D eigenvalue weighted by atomic mass is 16.5. The first kappa shape index (κ1) is 13.7. The van der Waals surface area contributed by atoms with Gasteiger partial charge in [-0.15, -0.1) is 0 Å². The Bertz CT molecular complexity index is 638. The Balaban J connectivity index is 1.50. The van der Waals surface area contributed by atoms with Crippen LogP contribution in [-0.4, -0.2) is 28.3 Å². The fourth-order valence-electron chi connectivity index (χ4n) is 2.62. The molecule has 21 heavy (non-hydrogen) atoms. The van der Waals surface area contributed by atoms with Crippen LogP contribution in [0.15, 0.2) is 30.3 Å². The van der Waals surface area contributed by atoms with Gasteiger partial charge in [0.2, 0.25) is 5.91 Å². The van der Waals surface area contributed by atoms with Gasteiger partial charge >= 0.3 is 0 Å². The second kappa shape index (κ2) is 5.60. The van der Waals surface area contributed by atoms with E-state index < -0.39 is 0 Å². The molecule has 110 valence electrons. The van der Waals surface area contributed by atoms with Gasteiger partial charge in [0.15, 0.2) is 0 Å². The van der Waals surface area contributed by atoms with Gasteiger partial charge < -0.3 is 10.1 Å². The number of nitrogens with one attached hydrogen (secondary N) is 1. The molecule has 1 atom stereocenters. The van der Waals surface area contributed by atoms with Gasteiger partial charge in [-0.2, -0.15) is 5.10 Å². The van der Waals surface area contributed by atoms with E-state index in [0.717, 1.165) is 23.6 Å². The van der Waals surface area contributed by atoms with Crippen molar-refractivity contribution in [3.05, 3.63) is 47.3 Å². The Hall–Kier alpha value is -2.30. The number of nitrogens with zero attached hydrogens (tertiary/aromatic N) is 2. The van der Waals surface area contributed by atoms with Crippen LogP contribution in [0.2, 0.25) is 0 Å². The molecule has 1 aromatic heterocycles. The first-order valence-corrected chi connectivity index (χ1v) is 7.14. The second-order valence-electron chi connectivity index (χ2n) is 5.44. The summed E-state index contributed by atoms with van der Waals surface area (Å²) in [6.45, 7) is 4.64. The summed E-state index contributed by atoms with van der Waals surface area (Å²) in [6, 6.07) is 9.96. The van der Waals surface area contributed by atoms with Crippen molar-refractivity contribution in [1.29, 1.82) is 0 Å². The summed E-state index contributed by atoms with van der Waals surface area (Å²) in [5.41, 5.74) is 3.12. The predicted molar refractivity (Wildman–Crippen MR) is 79.3 cm³/mol. The van der Waals surface area contributed by atoms with Crippen LogP contribution in [0.25, 0.3) is 0 Å². The molecule has 0 aliphatic carbocycles. The van der Waals surface area contributed by atoms with Crippen molar-refractivity contribution in [3.8, 4) is 5.75 Å². The van der Waals surface area contributed by atoms with Crippen molar-refractivity contribution in [2.24, 2.45) is 0 Å². The van der Waals surface area contributed by atoms with E-state index in [1.54, 1.807) is 4.68 Å². The summed E-state index contributed by atoms with van der Waals surface area (Å²) in [7, 11) is 0. The molecule has 0 bridgehead atoms. The van der Waals surface area contributed by atoms with E-state index in [2.05, 4.69) is 16.5 Å². The molecular formula is C16H19N3O2. The van der Waals surface area contributed by atoms with Gasteiger partial charge in [0.1, 0.15) is 18.4 Å². The molecule has 0 unspecified atom stereocenters. The lowest BCUT2D eigenvalue weighted by Crippen LogP contribution is -2.36. The van der Waals surface area contributed by atoms with Crippen LogP contribution in [0.5, 0.6) is 5.75 Å². The number of para-hydroxylation sites is 1. The normalized spacial score (nSPS) is 16.4. The van der Waals surface area contributed by atoms with Crippen molar-refractivity contribution in [3.63, 3.8) is 0 Å². The van der Waals surface area contributed by atoms with Gasteiger partial charge in [0.25, 0.3) is 0 Å². The van der Waals surface area contributed by atoms with E-state index in [1.807, 2.05) is 38.1 Å². The van der Waals surface area contributed by atoms with E-state index in [1.165, 1.54) is 5.56 Å². The molecule has 0 spiro atoms. The van der Waals surface area contributed by atoms with E-state index >= 15 is 0 Å². The van der Waals surface area contributed by atoms with E-state index in [9.17, 15) is 4.79 Å². The van der Waals surface area contributed by atoms with Crippen molar-refractivity contribution in [1.82, 2.24) is 15.1 Å². The molecule has 1 amide bonds. The van der Waals surface area contributed by atoms with Crippen molar-refractivity contribution >= 4 is 5.91 Å². The third-order valence-electron chi connectivity index (χ3n) is 3.64. The fourth-order valence-corrected chi connectivity index (χ4v) is 2.62. The molecule has 1 aliphatic rings. The smallest absolute Gasteiger partial charge is 0.241 e.